The van der Waals surface area contributed by atoms with E-state index in [1.807, 2.05) is 30.3 Å². The molecule has 0 saturated heterocycles. The molecule has 2 rings (SSSR count). The molecular weight excluding hydrogens is 228 g/mol. The Kier molecular flexibility index (Phi) is 4.36. The van der Waals surface area contributed by atoms with E-state index in [9.17, 15) is 4.79 Å². The number of aliphatic hydroxyl groups excluding tert-OH is 1. The van der Waals surface area contributed by atoms with Gasteiger partial charge in [0.2, 0.25) is 0 Å². The standard InChI is InChI=1S/C14H18N2O2/c17-10-13-5-3-12(4-6-13)9-16-14(18)15-8-7-11-1-2-11/h3-8,11,17H,1-2,9-10H2,(H2,15,16,18)/b8-7+. The van der Waals surface area contributed by atoms with Crippen LogP contribution < -0.4 is 10.6 Å². The van der Waals surface area contributed by atoms with Gasteiger partial charge < -0.3 is 15.7 Å². The minimum atomic E-state index is -0.196. The zero-order valence-electron chi connectivity index (χ0n) is 10.2. The van der Waals surface area contributed by atoms with Crippen LogP contribution in [-0.2, 0) is 13.2 Å². The highest BCUT2D eigenvalue weighted by atomic mass is 16.3. The van der Waals surface area contributed by atoms with Gasteiger partial charge in [0.05, 0.1) is 6.61 Å². The summed E-state index contributed by atoms with van der Waals surface area (Å²) in [6.07, 6.45) is 6.20. The molecule has 3 N–H and O–H groups in total. The molecular formula is C14H18N2O2. The van der Waals surface area contributed by atoms with E-state index in [1.54, 1.807) is 6.20 Å². The summed E-state index contributed by atoms with van der Waals surface area (Å²) in [7, 11) is 0. The van der Waals surface area contributed by atoms with E-state index >= 15 is 0 Å². The minimum Gasteiger partial charge on any atom is -0.392 e. The van der Waals surface area contributed by atoms with Gasteiger partial charge in [-0.3, -0.25) is 0 Å². The van der Waals surface area contributed by atoms with Crippen LogP contribution in [0.3, 0.4) is 0 Å². The largest absolute Gasteiger partial charge is 0.392 e. The molecule has 96 valence electrons. The fourth-order valence-corrected chi connectivity index (χ4v) is 1.54. The van der Waals surface area contributed by atoms with Gasteiger partial charge >= 0.3 is 6.03 Å². The van der Waals surface area contributed by atoms with Crippen molar-refractivity contribution in [2.75, 3.05) is 0 Å². The number of hydrogen-bond donors (Lipinski definition) is 3. The monoisotopic (exact) mass is 246 g/mol. The molecule has 0 bridgehead atoms. The first-order valence-electron chi connectivity index (χ1n) is 6.17. The molecule has 4 heteroatoms. The fourth-order valence-electron chi connectivity index (χ4n) is 1.54. The van der Waals surface area contributed by atoms with Gasteiger partial charge in [-0.2, -0.15) is 0 Å². The lowest BCUT2D eigenvalue weighted by Gasteiger charge is -2.05. The number of amides is 2. The van der Waals surface area contributed by atoms with Crippen molar-refractivity contribution in [2.24, 2.45) is 5.92 Å². The molecule has 1 saturated carbocycles. The molecule has 0 spiro atoms. The highest BCUT2D eigenvalue weighted by Gasteiger charge is 2.16. The van der Waals surface area contributed by atoms with E-state index < -0.39 is 0 Å². The number of nitrogens with one attached hydrogen (secondary N) is 2. The predicted octanol–water partition coefficient (Wildman–Crippen LogP) is 1.90. The van der Waals surface area contributed by atoms with Crippen LogP contribution in [0.4, 0.5) is 4.79 Å². The molecule has 0 aromatic heterocycles. The van der Waals surface area contributed by atoms with E-state index in [4.69, 9.17) is 5.11 Å². The Morgan fingerprint density at radius 1 is 1.28 bits per heavy atom. The molecule has 18 heavy (non-hydrogen) atoms. The second kappa shape index (κ2) is 6.21. The third-order valence-corrected chi connectivity index (χ3v) is 2.86. The zero-order valence-corrected chi connectivity index (χ0v) is 10.2. The SMILES string of the molecule is O=C(N/C=C/C1CC1)NCc1ccc(CO)cc1. The second-order valence-corrected chi connectivity index (χ2v) is 4.50. The van der Waals surface area contributed by atoms with Gasteiger partial charge in [0.25, 0.3) is 0 Å². The van der Waals surface area contributed by atoms with Gasteiger partial charge in [-0.05, 0) is 29.9 Å². The van der Waals surface area contributed by atoms with Crippen LogP contribution in [0.15, 0.2) is 36.5 Å². The molecule has 1 aromatic carbocycles. The van der Waals surface area contributed by atoms with Crippen LogP contribution in [0.25, 0.3) is 0 Å². The van der Waals surface area contributed by atoms with E-state index in [2.05, 4.69) is 10.6 Å². The van der Waals surface area contributed by atoms with Crippen LogP contribution >= 0.6 is 0 Å². The summed E-state index contributed by atoms with van der Waals surface area (Å²) >= 11 is 0. The van der Waals surface area contributed by atoms with Gasteiger partial charge in [0, 0.05) is 12.7 Å². The van der Waals surface area contributed by atoms with Crippen LogP contribution in [0.1, 0.15) is 24.0 Å². The maximum Gasteiger partial charge on any atom is 0.319 e. The van der Waals surface area contributed by atoms with Crippen LogP contribution in [-0.4, -0.2) is 11.1 Å². The van der Waals surface area contributed by atoms with Crippen molar-refractivity contribution in [1.82, 2.24) is 10.6 Å². The first-order chi connectivity index (χ1) is 8.78. The maximum absolute atomic E-state index is 11.4. The average Bonchev–Trinajstić information content (AvgIpc) is 3.21. The average molecular weight is 246 g/mol. The lowest BCUT2D eigenvalue weighted by Crippen LogP contribution is -2.31. The number of rotatable bonds is 5. The molecule has 1 aliphatic rings. The molecule has 1 fully saturated rings. The number of benzene rings is 1. The normalized spacial score (nSPS) is 14.7. The summed E-state index contributed by atoms with van der Waals surface area (Å²) in [4.78, 5) is 11.4. The molecule has 4 nitrogen and oxygen atoms in total. The lowest BCUT2D eigenvalue weighted by molar-refractivity contribution is 0.243. The fraction of sp³-hybridized carbons (Fsp3) is 0.357. The quantitative estimate of drug-likeness (QED) is 0.743. The molecule has 2 amide bonds. The summed E-state index contributed by atoms with van der Waals surface area (Å²) in [5.41, 5.74) is 1.88. The summed E-state index contributed by atoms with van der Waals surface area (Å²) < 4.78 is 0. The van der Waals surface area contributed by atoms with Gasteiger partial charge in [0.15, 0.2) is 0 Å². The number of urea groups is 1. The van der Waals surface area contributed by atoms with Crippen molar-refractivity contribution in [3.63, 3.8) is 0 Å². The number of carbonyl (C=O) groups is 1. The van der Waals surface area contributed by atoms with E-state index in [0.717, 1.165) is 11.1 Å². The molecule has 0 heterocycles. The Balaban J connectivity index is 1.70. The predicted molar refractivity (Wildman–Crippen MR) is 69.6 cm³/mol. The second-order valence-electron chi connectivity index (χ2n) is 4.50. The van der Waals surface area contributed by atoms with Gasteiger partial charge in [-0.1, -0.05) is 30.3 Å². The zero-order chi connectivity index (χ0) is 12.8. The van der Waals surface area contributed by atoms with Crippen molar-refractivity contribution in [2.45, 2.75) is 26.0 Å². The highest BCUT2D eigenvalue weighted by molar-refractivity contribution is 5.74. The Hall–Kier alpha value is -1.81. The van der Waals surface area contributed by atoms with Crippen LogP contribution in [0.2, 0.25) is 0 Å². The Labute approximate surface area is 107 Å². The summed E-state index contributed by atoms with van der Waals surface area (Å²) in [5.74, 6) is 0.663. The molecule has 0 aliphatic heterocycles. The number of allylic oxidation sites excluding steroid dienone is 1. The number of hydrogen-bond acceptors (Lipinski definition) is 2. The van der Waals surface area contributed by atoms with Gasteiger partial charge in [-0.25, -0.2) is 4.79 Å². The van der Waals surface area contributed by atoms with Crippen molar-refractivity contribution in [1.29, 1.82) is 0 Å². The van der Waals surface area contributed by atoms with Crippen molar-refractivity contribution < 1.29 is 9.90 Å². The Morgan fingerprint density at radius 2 is 1.94 bits per heavy atom. The van der Waals surface area contributed by atoms with Crippen LogP contribution in [0.5, 0.6) is 0 Å². The highest BCUT2D eigenvalue weighted by Crippen LogP contribution is 2.29. The van der Waals surface area contributed by atoms with Gasteiger partial charge in [0.1, 0.15) is 0 Å². The molecule has 1 aliphatic carbocycles. The van der Waals surface area contributed by atoms with Gasteiger partial charge in [-0.15, -0.1) is 0 Å². The first kappa shape index (κ1) is 12.6. The third kappa shape index (κ3) is 4.22. The topological polar surface area (TPSA) is 61.4 Å². The first-order valence-corrected chi connectivity index (χ1v) is 6.17. The van der Waals surface area contributed by atoms with E-state index in [1.165, 1.54) is 12.8 Å². The number of aliphatic hydroxyl groups is 1. The Morgan fingerprint density at radius 3 is 2.56 bits per heavy atom. The molecule has 0 atom stereocenters. The summed E-state index contributed by atoms with van der Waals surface area (Å²) in [6, 6.07) is 7.29. The molecule has 0 unspecified atom stereocenters. The van der Waals surface area contributed by atoms with Crippen LogP contribution in [0, 0.1) is 5.92 Å². The Bertz CT molecular complexity index is 422. The summed E-state index contributed by atoms with van der Waals surface area (Å²) in [6.45, 7) is 0.523. The summed E-state index contributed by atoms with van der Waals surface area (Å²) in [5, 5.41) is 14.3. The number of carbonyl (C=O) groups excluding carboxylic acids is 1. The van der Waals surface area contributed by atoms with Crippen molar-refractivity contribution in [3.8, 4) is 0 Å². The van der Waals surface area contributed by atoms with Crippen molar-refractivity contribution >= 4 is 6.03 Å². The lowest BCUT2D eigenvalue weighted by atomic mass is 10.1. The van der Waals surface area contributed by atoms with E-state index in [0.29, 0.717) is 12.5 Å². The molecule has 1 aromatic rings. The molecule has 0 radical (unpaired) electrons. The third-order valence-electron chi connectivity index (χ3n) is 2.86. The van der Waals surface area contributed by atoms with Crippen molar-refractivity contribution in [3.05, 3.63) is 47.7 Å². The minimum absolute atomic E-state index is 0.0418. The van der Waals surface area contributed by atoms with E-state index in [-0.39, 0.29) is 12.6 Å². The smallest absolute Gasteiger partial charge is 0.319 e. The maximum atomic E-state index is 11.4.